The van der Waals surface area contributed by atoms with Crippen molar-refractivity contribution in [2.24, 2.45) is 0 Å². The van der Waals surface area contributed by atoms with Crippen molar-refractivity contribution in [3.63, 3.8) is 0 Å². The number of non-ortho nitro benzene ring substituents is 1. The average molecular weight is 304 g/mol. The van der Waals surface area contributed by atoms with Crippen LogP contribution in [0.15, 0.2) is 47.4 Å². The standard InChI is InChI=1S/C15H16N2O3S/c1-11-2-7-14(16)15(10-11)21(20)9-8-12-3-5-13(6-4-12)17(18)19/h2-7,10H,8-9,16H2,1H3. The Kier molecular flexibility index (Phi) is 4.70. The van der Waals surface area contributed by atoms with Gasteiger partial charge in [-0.1, -0.05) is 18.2 Å². The maximum absolute atomic E-state index is 12.3. The van der Waals surface area contributed by atoms with Crippen LogP contribution in [-0.4, -0.2) is 14.9 Å². The van der Waals surface area contributed by atoms with Crippen molar-refractivity contribution in [1.82, 2.24) is 0 Å². The minimum absolute atomic E-state index is 0.0581. The van der Waals surface area contributed by atoms with E-state index in [0.717, 1.165) is 11.1 Å². The van der Waals surface area contributed by atoms with E-state index in [1.807, 2.05) is 19.1 Å². The largest absolute Gasteiger partial charge is 0.398 e. The molecule has 0 amide bonds. The molecule has 0 aromatic heterocycles. The monoisotopic (exact) mass is 304 g/mol. The van der Waals surface area contributed by atoms with Gasteiger partial charge in [-0.05, 0) is 36.6 Å². The van der Waals surface area contributed by atoms with Crippen molar-refractivity contribution >= 4 is 22.2 Å². The van der Waals surface area contributed by atoms with Crippen molar-refractivity contribution in [2.75, 3.05) is 11.5 Å². The van der Waals surface area contributed by atoms with Gasteiger partial charge < -0.3 is 5.73 Å². The second kappa shape index (κ2) is 6.49. The Balaban J connectivity index is 2.04. The van der Waals surface area contributed by atoms with Crippen molar-refractivity contribution in [3.8, 4) is 0 Å². The number of anilines is 1. The SMILES string of the molecule is Cc1ccc(N)c(S(=O)CCc2ccc([N+](=O)[O-])cc2)c1. The Bertz CT molecular complexity index is 684. The van der Waals surface area contributed by atoms with Gasteiger partial charge in [0.25, 0.3) is 5.69 Å². The third kappa shape index (κ3) is 3.88. The molecular weight excluding hydrogens is 288 g/mol. The van der Waals surface area contributed by atoms with Crippen LogP contribution >= 0.6 is 0 Å². The first-order chi connectivity index (χ1) is 9.97. The highest BCUT2D eigenvalue weighted by Crippen LogP contribution is 2.19. The predicted octanol–water partition coefficient (Wildman–Crippen LogP) is 2.84. The van der Waals surface area contributed by atoms with Crippen LogP contribution in [0, 0.1) is 17.0 Å². The maximum atomic E-state index is 12.3. The summed E-state index contributed by atoms with van der Waals surface area (Å²) in [4.78, 5) is 10.8. The van der Waals surface area contributed by atoms with E-state index in [0.29, 0.717) is 22.8 Å². The Labute approximate surface area is 125 Å². The van der Waals surface area contributed by atoms with Crippen LogP contribution in [0.5, 0.6) is 0 Å². The van der Waals surface area contributed by atoms with Crippen LogP contribution in [0.1, 0.15) is 11.1 Å². The number of nitro groups is 1. The fourth-order valence-corrected chi connectivity index (χ4v) is 3.23. The van der Waals surface area contributed by atoms with Crippen LogP contribution in [0.25, 0.3) is 0 Å². The molecule has 1 atom stereocenters. The lowest BCUT2D eigenvalue weighted by Crippen LogP contribution is -2.05. The van der Waals surface area contributed by atoms with E-state index in [2.05, 4.69) is 0 Å². The van der Waals surface area contributed by atoms with Gasteiger partial charge in [0.1, 0.15) is 0 Å². The van der Waals surface area contributed by atoms with Crippen LogP contribution in [-0.2, 0) is 17.2 Å². The molecule has 21 heavy (non-hydrogen) atoms. The lowest BCUT2D eigenvalue weighted by atomic mass is 10.1. The first-order valence-corrected chi connectivity index (χ1v) is 7.77. The van der Waals surface area contributed by atoms with Gasteiger partial charge in [-0.2, -0.15) is 0 Å². The summed E-state index contributed by atoms with van der Waals surface area (Å²) in [5.74, 6) is 0.436. The molecular formula is C15H16N2O3S. The van der Waals surface area contributed by atoms with E-state index in [4.69, 9.17) is 5.73 Å². The molecule has 1 unspecified atom stereocenters. The smallest absolute Gasteiger partial charge is 0.269 e. The molecule has 0 saturated carbocycles. The van der Waals surface area contributed by atoms with Crippen LogP contribution in [0.4, 0.5) is 11.4 Å². The Morgan fingerprint density at radius 3 is 2.48 bits per heavy atom. The zero-order chi connectivity index (χ0) is 15.4. The fourth-order valence-electron chi connectivity index (χ4n) is 1.94. The number of rotatable bonds is 5. The van der Waals surface area contributed by atoms with Crippen molar-refractivity contribution in [3.05, 3.63) is 63.7 Å². The highest BCUT2D eigenvalue weighted by molar-refractivity contribution is 7.85. The number of benzene rings is 2. The molecule has 0 spiro atoms. The number of nitro benzene ring substituents is 1. The van der Waals surface area contributed by atoms with E-state index in [-0.39, 0.29) is 5.69 Å². The number of nitrogens with two attached hydrogens (primary N) is 1. The summed E-state index contributed by atoms with van der Waals surface area (Å²) in [5, 5.41) is 10.6. The first kappa shape index (κ1) is 15.2. The molecule has 2 N–H and O–H groups in total. The van der Waals surface area contributed by atoms with Gasteiger partial charge in [-0.25, -0.2) is 0 Å². The lowest BCUT2D eigenvalue weighted by Gasteiger charge is -2.07. The molecule has 0 aliphatic carbocycles. The zero-order valence-corrected chi connectivity index (χ0v) is 12.4. The molecule has 0 radical (unpaired) electrons. The Morgan fingerprint density at radius 2 is 1.86 bits per heavy atom. The summed E-state index contributed by atoms with van der Waals surface area (Å²) in [7, 11) is -1.18. The molecule has 5 nitrogen and oxygen atoms in total. The molecule has 2 aromatic rings. The number of nitrogen functional groups attached to an aromatic ring is 1. The summed E-state index contributed by atoms with van der Waals surface area (Å²) < 4.78 is 12.3. The normalized spacial score (nSPS) is 12.0. The Hall–Kier alpha value is -2.21. The lowest BCUT2D eigenvalue weighted by molar-refractivity contribution is -0.384. The molecule has 0 fully saturated rings. The van der Waals surface area contributed by atoms with Crippen LogP contribution in [0.2, 0.25) is 0 Å². The third-order valence-corrected chi connectivity index (χ3v) is 4.56. The number of nitrogens with zero attached hydrogens (tertiary/aromatic N) is 1. The molecule has 0 saturated heterocycles. The minimum atomic E-state index is -1.18. The highest BCUT2D eigenvalue weighted by Gasteiger charge is 2.09. The molecule has 0 bridgehead atoms. The highest BCUT2D eigenvalue weighted by atomic mass is 32.2. The van der Waals surface area contributed by atoms with E-state index in [1.165, 1.54) is 12.1 Å². The van der Waals surface area contributed by atoms with Gasteiger partial charge in [0, 0.05) is 23.6 Å². The van der Waals surface area contributed by atoms with Gasteiger partial charge in [0.05, 0.1) is 20.6 Å². The third-order valence-electron chi connectivity index (χ3n) is 3.14. The van der Waals surface area contributed by atoms with E-state index in [1.54, 1.807) is 18.2 Å². The van der Waals surface area contributed by atoms with Crippen LogP contribution in [0.3, 0.4) is 0 Å². The van der Waals surface area contributed by atoms with E-state index in [9.17, 15) is 14.3 Å². The molecule has 6 heteroatoms. The van der Waals surface area contributed by atoms with Crippen molar-refractivity contribution in [1.29, 1.82) is 0 Å². The maximum Gasteiger partial charge on any atom is 0.269 e. The van der Waals surface area contributed by atoms with Gasteiger partial charge in [-0.15, -0.1) is 0 Å². The first-order valence-electron chi connectivity index (χ1n) is 6.45. The molecule has 2 rings (SSSR count). The summed E-state index contributed by atoms with van der Waals surface area (Å²) in [6.45, 7) is 1.93. The minimum Gasteiger partial charge on any atom is -0.398 e. The van der Waals surface area contributed by atoms with E-state index >= 15 is 0 Å². The van der Waals surface area contributed by atoms with Gasteiger partial charge >= 0.3 is 0 Å². The number of aryl methyl sites for hydroxylation is 2. The zero-order valence-electron chi connectivity index (χ0n) is 11.6. The molecule has 2 aromatic carbocycles. The quantitative estimate of drug-likeness (QED) is 0.523. The molecule has 0 heterocycles. The second-order valence-electron chi connectivity index (χ2n) is 4.76. The summed E-state index contributed by atoms with van der Waals surface area (Å²) >= 11 is 0. The summed E-state index contributed by atoms with van der Waals surface area (Å²) in [6, 6.07) is 11.8. The second-order valence-corrected chi connectivity index (χ2v) is 6.30. The molecule has 0 aliphatic heterocycles. The number of hydrogen-bond donors (Lipinski definition) is 1. The van der Waals surface area contributed by atoms with Gasteiger partial charge in [-0.3, -0.25) is 14.3 Å². The number of hydrogen-bond acceptors (Lipinski definition) is 4. The van der Waals surface area contributed by atoms with Crippen molar-refractivity contribution < 1.29 is 9.13 Å². The van der Waals surface area contributed by atoms with E-state index < -0.39 is 15.7 Å². The van der Waals surface area contributed by atoms with Gasteiger partial charge in [0.2, 0.25) is 0 Å². The molecule has 110 valence electrons. The fraction of sp³-hybridized carbons (Fsp3) is 0.200. The average Bonchev–Trinajstić information content (AvgIpc) is 2.47. The Morgan fingerprint density at radius 1 is 1.19 bits per heavy atom. The van der Waals surface area contributed by atoms with Crippen molar-refractivity contribution in [2.45, 2.75) is 18.2 Å². The molecule has 0 aliphatic rings. The predicted molar refractivity (Wildman–Crippen MR) is 83.7 cm³/mol. The summed E-state index contributed by atoms with van der Waals surface area (Å²) in [5.41, 5.74) is 8.37. The van der Waals surface area contributed by atoms with Gasteiger partial charge in [0.15, 0.2) is 0 Å². The van der Waals surface area contributed by atoms with Crippen LogP contribution < -0.4 is 5.73 Å². The topological polar surface area (TPSA) is 86.2 Å². The summed E-state index contributed by atoms with van der Waals surface area (Å²) in [6.07, 6.45) is 0.581.